The van der Waals surface area contributed by atoms with Crippen LogP contribution in [0, 0.1) is 0 Å². The number of nitrogens with one attached hydrogen (secondary N) is 1. The van der Waals surface area contributed by atoms with Gasteiger partial charge >= 0.3 is 6.09 Å². The van der Waals surface area contributed by atoms with Gasteiger partial charge in [-0.15, -0.1) is 6.58 Å². The number of rotatable bonds is 9. The zero-order chi connectivity index (χ0) is 26.2. The molecule has 6 nitrogen and oxygen atoms in total. The number of halogens is 1. The third-order valence-corrected chi connectivity index (χ3v) is 6.77. The minimum Gasteiger partial charge on any atom is -0.489 e. The van der Waals surface area contributed by atoms with Crippen molar-refractivity contribution in [3.63, 3.8) is 0 Å². The third kappa shape index (κ3) is 8.02. The predicted molar refractivity (Wildman–Crippen MR) is 146 cm³/mol. The summed E-state index contributed by atoms with van der Waals surface area (Å²) < 4.78 is 17.8. The number of hydrogen-bond acceptors (Lipinski definition) is 5. The summed E-state index contributed by atoms with van der Waals surface area (Å²) in [5.41, 5.74) is -0.867. The number of nitrogens with zero attached hydrogens (tertiary/aromatic N) is 1. The highest BCUT2D eigenvalue weighted by Gasteiger charge is 2.34. The van der Waals surface area contributed by atoms with Crippen molar-refractivity contribution in [3.8, 4) is 11.6 Å². The molecular formula is C29H41ClN2O4. The second-order valence-corrected chi connectivity index (χ2v) is 11.2. The van der Waals surface area contributed by atoms with Crippen LogP contribution in [-0.2, 0) is 4.74 Å². The highest BCUT2D eigenvalue weighted by atomic mass is 35.5. The Morgan fingerprint density at radius 1 is 1.28 bits per heavy atom. The molecule has 0 saturated heterocycles. The van der Waals surface area contributed by atoms with Crippen LogP contribution in [0.5, 0.6) is 11.6 Å². The molecule has 0 unspecified atom stereocenters. The van der Waals surface area contributed by atoms with Gasteiger partial charge in [-0.3, -0.25) is 0 Å². The molecule has 0 aliphatic heterocycles. The van der Waals surface area contributed by atoms with E-state index in [9.17, 15) is 4.79 Å². The van der Waals surface area contributed by atoms with Crippen LogP contribution >= 0.6 is 11.6 Å². The molecule has 1 heterocycles. The van der Waals surface area contributed by atoms with E-state index in [-0.39, 0.29) is 17.7 Å². The van der Waals surface area contributed by atoms with Gasteiger partial charge in [-0.05, 0) is 95.7 Å². The van der Waals surface area contributed by atoms with Crippen LogP contribution in [0.25, 0.3) is 10.8 Å². The van der Waals surface area contributed by atoms with Gasteiger partial charge in [0.2, 0.25) is 5.88 Å². The lowest BCUT2D eigenvalue weighted by molar-refractivity contribution is 0.0423. The van der Waals surface area contributed by atoms with Crippen molar-refractivity contribution in [3.05, 3.63) is 42.1 Å². The van der Waals surface area contributed by atoms with Gasteiger partial charge in [0.1, 0.15) is 11.4 Å². The van der Waals surface area contributed by atoms with Gasteiger partial charge in [-0.2, -0.15) is 0 Å². The smallest absolute Gasteiger partial charge is 0.408 e. The first-order valence-corrected chi connectivity index (χ1v) is 13.5. The van der Waals surface area contributed by atoms with Crippen molar-refractivity contribution in [1.29, 1.82) is 0 Å². The van der Waals surface area contributed by atoms with Crippen LogP contribution in [-0.4, -0.2) is 34.9 Å². The maximum Gasteiger partial charge on any atom is 0.408 e. The molecule has 1 aromatic carbocycles. The molecule has 1 saturated carbocycles. The lowest BCUT2D eigenvalue weighted by atomic mass is 9.81. The molecular weight excluding hydrogens is 476 g/mol. The molecule has 7 heteroatoms. The van der Waals surface area contributed by atoms with E-state index in [0.717, 1.165) is 62.1 Å². The predicted octanol–water partition coefficient (Wildman–Crippen LogP) is 8.01. The van der Waals surface area contributed by atoms with Crippen molar-refractivity contribution in [2.24, 2.45) is 0 Å². The average Bonchev–Trinajstić information content (AvgIpc) is 2.77. The summed E-state index contributed by atoms with van der Waals surface area (Å²) in [7, 11) is 0. The van der Waals surface area contributed by atoms with Crippen LogP contribution in [0.3, 0.4) is 0 Å². The van der Waals surface area contributed by atoms with Gasteiger partial charge in [-0.1, -0.05) is 31.0 Å². The first-order valence-electron chi connectivity index (χ1n) is 13.1. The molecule has 1 aliphatic rings. The topological polar surface area (TPSA) is 69.7 Å². The van der Waals surface area contributed by atoms with Crippen molar-refractivity contribution < 1.29 is 19.0 Å². The fourth-order valence-electron chi connectivity index (χ4n) is 4.75. The lowest BCUT2D eigenvalue weighted by Crippen LogP contribution is -2.50. The molecule has 2 aromatic rings. The van der Waals surface area contributed by atoms with E-state index in [4.69, 9.17) is 25.8 Å². The van der Waals surface area contributed by atoms with E-state index < -0.39 is 5.60 Å². The van der Waals surface area contributed by atoms with E-state index >= 15 is 0 Å². The minimum atomic E-state index is -0.530. The number of ether oxygens (including phenoxy) is 3. The number of hydrogen-bond donors (Lipinski definition) is 1. The average molecular weight is 517 g/mol. The molecule has 0 spiro atoms. The zero-order valence-electron chi connectivity index (χ0n) is 22.2. The van der Waals surface area contributed by atoms with Gasteiger partial charge in [0.15, 0.2) is 0 Å². The number of aromatic nitrogens is 1. The van der Waals surface area contributed by atoms with Crippen LogP contribution in [0.4, 0.5) is 4.79 Å². The Hall–Kier alpha value is -2.47. The summed E-state index contributed by atoms with van der Waals surface area (Å²) in [6.45, 7) is 12.3. The highest BCUT2D eigenvalue weighted by molar-refractivity contribution is 6.33. The second kappa shape index (κ2) is 12.7. The number of unbranched alkanes of at least 4 members (excludes halogenated alkanes) is 1. The van der Waals surface area contributed by atoms with Crippen LogP contribution in [0.2, 0.25) is 5.02 Å². The van der Waals surface area contributed by atoms with E-state index in [0.29, 0.717) is 29.7 Å². The van der Waals surface area contributed by atoms with Crippen molar-refractivity contribution in [1.82, 2.24) is 10.3 Å². The van der Waals surface area contributed by atoms with Gasteiger partial charge < -0.3 is 19.5 Å². The summed E-state index contributed by atoms with van der Waals surface area (Å²) in [5, 5.41) is 5.61. The molecule has 198 valence electrons. The Kier molecular flexibility index (Phi) is 9.89. The molecule has 0 radical (unpaired) electrons. The highest BCUT2D eigenvalue weighted by Crippen LogP contribution is 2.37. The minimum absolute atomic E-state index is 0.0605. The second-order valence-electron chi connectivity index (χ2n) is 10.7. The van der Waals surface area contributed by atoms with Gasteiger partial charge in [0.25, 0.3) is 0 Å². The largest absolute Gasteiger partial charge is 0.489 e. The molecule has 1 fully saturated rings. The summed E-state index contributed by atoms with van der Waals surface area (Å²) in [6, 6.07) is 5.83. The Balaban J connectivity index is 1.66. The fourth-order valence-corrected chi connectivity index (χ4v) is 4.95. The molecule has 1 N–H and O–H groups in total. The number of alkyl carbamates (subject to hydrolysis) is 1. The molecule has 36 heavy (non-hydrogen) atoms. The number of benzene rings is 1. The summed E-state index contributed by atoms with van der Waals surface area (Å²) in [6.07, 6.45) is 11.4. The fraction of sp³-hybridized carbons (Fsp3) is 0.586. The SMILES string of the molecule is C=CCC1(NC(=O)OC(C)(C)C)CCCC(Oc2cc3ccnc(OCCCC)c3cc2Cl)CCC1. The van der Waals surface area contributed by atoms with Crippen LogP contribution < -0.4 is 14.8 Å². The molecule has 1 aromatic heterocycles. The molecule has 0 bridgehead atoms. The van der Waals surface area contributed by atoms with Crippen molar-refractivity contribution in [2.45, 2.75) is 103 Å². The molecule has 1 aliphatic carbocycles. The van der Waals surface area contributed by atoms with Gasteiger partial charge in [0, 0.05) is 17.1 Å². The van der Waals surface area contributed by atoms with Crippen LogP contribution in [0.1, 0.15) is 85.5 Å². The summed E-state index contributed by atoms with van der Waals surface area (Å²) >= 11 is 6.64. The van der Waals surface area contributed by atoms with E-state index in [2.05, 4.69) is 23.8 Å². The maximum absolute atomic E-state index is 12.5. The quantitative estimate of drug-likeness (QED) is 0.270. The Morgan fingerprint density at radius 3 is 2.64 bits per heavy atom. The summed E-state index contributed by atoms with van der Waals surface area (Å²) in [4.78, 5) is 16.9. The van der Waals surface area contributed by atoms with Crippen molar-refractivity contribution in [2.75, 3.05) is 6.61 Å². The van der Waals surface area contributed by atoms with E-state index in [1.807, 2.05) is 45.0 Å². The molecule has 0 atom stereocenters. The monoisotopic (exact) mass is 516 g/mol. The first-order chi connectivity index (χ1) is 17.1. The zero-order valence-corrected chi connectivity index (χ0v) is 23.0. The molecule has 1 amide bonds. The Morgan fingerprint density at radius 2 is 2.00 bits per heavy atom. The number of carbonyl (C=O) groups is 1. The standard InChI is InChI=1S/C29H41ClN2O4/c1-6-8-18-34-26-23-20-24(30)25(19-21(23)13-17-31-26)35-22-11-9-15-29(14-7-2,16-10-12-22)32-27(33)36-28(3,4)5/h7,13,17,19-20,22H,2,6,8-12,14-16,18H2,1,3-5H3,(H,32,33). The number of amides is 1. The van der Waals surface area contributed by atoms with Gasteiger partial charge in [0.05, 0.1) is 17.7 Å². The van der Waals surface area contributed by atoms with Crippen molar-refractivity contribution >= 4 is 28.5 Å². The lowest BCUT2D eigenvalue weighted by Gasteiger charge is -2.37. The number of fused-ring (bicyclic) bond motifs is 1. The first kappa shape index (κ1) is 28.1. The summed E-state index contributed by atoms with van der Waals surface area (Å²) in [5.74, 6) is 1.29. The number of pyridine rings is 1. The van der Waals surface area contributed by atoms with E-state index in [1.54, 1.807) is 6.20 Å². The van der Waals surface area contributed by atoms with Crippen LogP contribution in [0.15, 0.2) is 37.1 Å². The van der Waals surface area contributed by atoms with Gasteiger partial charge in [-0.25, -0.2) is 9.78 Å². The molecule has 3 rings (SSSR count). The third-order valence-electron chi connectivity index (χ3n) is 6.47. The number of carbonyl (C=O) groups excluding carboxylic acids is 1. The Labute approximate surface area is 220 Å². The normalized spacial score (nSPS) is 20.8. The maximum atomic E-state index is 12.5. The Bertz CT molecular complexity index is 1020. The van der Waals surface area contributed by atoms with E-state index in [1.165, 1.54) is 0 Å².